The fraction of sp³-hybridized carbons (Fsp3) is 0.312. The minimum Gasteiger partial charge on any atom is -0.493 e. The Morgan fingerprint density at radius 3 is 3.05 bits per heavy atom. The molecule has 2 heterocycles. The van der Waals surface area contributed by atoms with E-state index in [0.717, 1.165) is 35.8 Å². The van der Waals surface area contributed by atoms with E-state index in [-0.39, 0.29) is 6.10 Å². The first-order valence-electron chi connectivity index (χ1n) is 6.75. The van der Waals surface area contributed by atoms with Gasteiger partial charge < -0.3 is 14.8 Å². The molecular formula is C16H18N2O2. The molecule has 0 saturated heterocycles. The van der Waals surface area contributed by atoms with Gasteiger partial charge in [0.25, 0.3) is 0 Å². The number of benzene rings is 1. The average Bonchev–Trinajstić information content (AvgIpc) is 2.88. The number of aryl methyl sites for hydroxylation is 1. The summed E-state index contributed by atoms with van der Waals surface area (Å²) in [4.78, 5) is 4.23. The molecule has 104 valence electrons. The number of nitrogens with zero attached hydrogens (tertiary/aromatic N) is 1. The molecule has 4 nitrogen and oxygen atoms in total. The van der Waals surface area contributed by atoms with E-state index in [0.29, 0.717) is 0 Å². The van der Waals surface area contributed by atoms with Crippen molar-refractivity contribution < 1.29 is 9.47 Å². The number of rotatable bonds is 4. The number of methoxy groups -OCH3 is 1. The Balaban J connectivity index is 1.65. The number of anilines is 1. The zero-order valence-corrected chi connectivity index (χ0v) is 11.7. The molecule has 0 spiro atoms. The van der Waals surface area contributed by atoms with Crippen LogP contribution in [-0.4, -0.2) is 24.7 Å². The molecule has 0 aliphatic carbocycles. The van der Waals surface area contributed by atoms with Crippen molar-refractivity contribution in [1.29, 1.82) is 0 Å². The predicted octanol–water partition coefficient (Wildman–Crippen LogP) is 2.81. The van der Waals surface area contributed by atoms with Crippen LogP contribution in [0, 0.1) is 6.92 Å². The summed E-state index contributed by atoms with van der Waals surface area (Å²) in [5, 5.41) is 3.39. The molecule has 0 radical (unpaired) electrons. The molecule has 20 heavy (non-hydrogen) atoms. The van der Waals surface area contributed by atoms with Crippen LogP contribution in [0.5, 0.6) is 11.5 Å². The minimum atomic E-state index is 0.158. The normalized spacial score (nSPS) is 16.4. The van der Waals surface area contributed by atoms with Gasteiger partial charge in [0.15, 0.2) is 5.75 Å². The van der Waals surface area contributed by atoms with Gasteiger partial charge in [0.2, 0.25) is 0 Å². The number of aromatic nitrogens is 1. The van der Waals surface area contributed by atoms with Crippen LogP contribution in [-0.2, 0) is 6.42 Å². The first-order chi connectivity index (χ1) is 9.76. The number of hydrogen-bond acceptors (Lipinski definition) is 4. The predicted molar refractivity (Wildman–Crippen MR) is 78.6 cm³/mol. The SMILES string of the molecule is COc1cnc(C)cc1NCC1Cc2ccccc2O1. The average molecular weight is 270 g/mol. The quantitative estimate of drug-likeness (QED) is 0.927. The number of para-hydroxylation sites is 1. The lowest BCUT2D eigenvalue weighted by molar-refractivity contribution is 0.246. The first kappa shape index (κ1) is 12.8. The maximum absolute atomic E-state index is 5.91. The van der Waals surface area contributed by atoms with Crippen molar-refractivity contribution in [3.8, 4) is 11.5 Å². The molecule has 0 fully saturated rings. The van der Waals surface area contributed by atoms with Crippen molar-refractivity contribution in [3.63, 3.8) is 0 Å². The van der Waals surface area contributed by atoms with Gasteiger partial charge in [-0.15, -0.1) is 0 Å². The molecule has 1 atom stereocenters. The second-order valence-electron chi connectivity index (χ2n) is 4.96. The molecule has 1 unspecified atom stereocenters. The summed E-state index contributed by atoms with van der Waals surface area (Å²) in [6.45, 7) is 2.71. The summed E-state index contributed by atoms with van der Waals surface area (Å²) in [7, 11) is 1.65. The first-order valence-corrected chi connectivity index (χ1v) is 6.75. The molecular weight excluding hydrogens is 252 g/mol. The highest BCUT2D eigenvalue weighted by Crippen LogP contribution is 2.29. The Hall–Kier alpha value is -2.23. The number of nitrogens with one attached hydrogen (secondary N) is 1. The van der Waals surface area contributed by atoms with Crippen molar-refractivity contribution in [2.75, 3.05) is 19.0 Å². The highest BCUT2D eigenvalue weighted by atomic mass is 16.5. The van der Waals surface area contributed by atoms with Gasteiger partial charge in [-0.2, -0.15) is 0 Å². The van der Waals surface area contributed by atoms with E-state index in [1.165, 1.54) is 5.56 Å². The maximum atomic E-state index is 5.91. The topological polar surface area (TPSA) is 43.4 Å². The van der Waals surface area contributed by atoms with Crippen LogP contribution >= 0.6 is 0 Å². The zero-order valence-electron chi connectivity index (χ0n) is 11.7. The monoisotopic (exact) mass is 270 g/mol. The van der Waals surface area contributed by atoms with E-state index in [2.05, 4.69) is 16.4 Å². The number of hydrogen-bond donors (Lipinski definition) is 1. The largest absolute Gasteiger partial charge is 0.493 e. The Morgan fingerprint density at radius 1 is 1.40 bits per heavy atom. The van der Waals surface area contributed by atoms with Crippen LogP contribution in [0.4, 0.5) is 5.69 Å². The molecule has 1 N–H and O–H groups in total. The Kier molecular flexibility index (Phi) is 3.46. The van der Waals surface area contributed by atoms with Crippen molar-refractivity contribution in [2.45, 2.75) is 19.4 Å². The second-order valence-corrected chi connectivity index (χ2v) is 4.96. The fourth-order valence-corrected chi connectivity index (χ4v) is 2.44. The van der Waals surface area contributed by atoms with Crippen LogP contribution in [0.25, 0.3) is 0 Å². The van der Waals surface area contributed by atoms with Crippen LogP contribution < -0.4 is 14.8 Å². The summed E-state index contributed by atoms with van der Waals surface area (Å²) < 4.78 is 11.2. The lowest BCUT2D eigenvalue weighted by atomic mass is 10.1. The summed E-state index contributed by atoms with van der Waals surface area (Å²) in [6, 6.07) is 10.2. The van der Waals surface area contributed by atoms with Crippen molar-refractivity contribution in [3.05, 3.63) is 47.8 Å². The molecule has 0 bridgehead atoms. The molecule has 0 saturated carbocycles. The number of pyridine rings is 1. The van der Waals surface area contributed by atoms with Crippen LogP contribution in [0.3, 0.4) is 0 Å². The van der Waals surface area contributed by atoms with E-state index >= 15 is 0 Å². The van der Waals surface area contributed by atoms with Gasteiger partial charge in [-0.05, 0) is 24.6 Å². The van der Waals surface area contributed by atoms with Gasteiger partial charge in [-0.1, -0.05) is 18.2 Å². The molecule has 4 heteroatoms. The van der Waals surface area contributed by atoms with Gasteiger partial charge in [0.1, 0.15) is 11.9 Å². The van der Waals surface area contributed by atoms with E-state index in [1.807, 2.05) is 31.2 Å². The molecule has 0 amide bonds. The third-order valence-electron chi connectivity index (χ3n) is 3.46. The van der Waals surface area contributed by atoms with Gasteiger partial charge in [0.05, 0.1) is 25.5 Å². The molecule has 1 aliphatic heterocycles. The van der Waals surface area contributed by atoms with Crippen molar-refractivity contribution in [2.24, 2.45) is 0 Å². The minimum absolute atomic E-state index is 0.158. The van der Waals surface area contributed by atoms with Gasteiger partial charge in [0, 0.05) is 12.1 Å². The lowest BCUT2D eigenvalue weighted by Crippen LogP contribution is -2.24. The molecule has 1 aromatic heterocycles. The Bertz CT molecular complexity index is 588. The van der Waals surface area contributed by atoms with E-state index in [9.17, 15) is 0 Å². The number of fused-ring (bicyclic) bond motifs is 1. The lowest BCUT2D eigenvalue weighted by Gasteiger charge is -2.15. The van der Waals surface area contributed by atoms with E-state index in [4.69, 9.17) is 9.47 Å². The van der Waals surface area contributed by atoms with Crippen LogP contribution in [0.1, 0.15) is 11.3 Å². The standard InChI is InChI=1S/C16H18N2O2/c1-11-7-14(16(19-2)10-17-11)18-9-13-8-12-5-3-4-6-15(12)20-13/h3-7,10,13H,8-9H2,1-2H3,(H,17,18). The fourth-order valence-electron chi connectivity index (χ4n) is 2.44. The van der Waals surface area contributed by atoms with E-state index < -0.39 is 0 Å². The third-order valence-corrected chi connectivity index (χ3v) is 3.46. The molecule has 2 aromatic rings. The summed E-state index contributed by atoms with van der Waals surface area (Å²) in [6.07, 6.45) is 2.84. The summed E-state index contributed by atoms with van der Waals surface area (Å²) in [5.41, 5.74) is 3.20. The van der Waals surface area contributed by atoms with Crippen molar-refractivity contribution >= 4 is 5.69 Å². The Morgan fingerprint density at radius 2 is 2.25 bits per heavy atom. The van der Waals surface area contributed by atoms with Crippen LogP contribution in [0.2, 0.25) is 0 Å². The second kappa shape index (κ2) is 5.41. The zero-order chi connectivity index (χ0) is 13.9. The summed E-state index contributed by atoms with van der Waals surface area (Å²) >= 11 is 0. The molecule has 1 aromatic carbocycles. The van der Waals surface area contributed by atoms with E-state index in [1.54, 1.807) is 13.3 Å². The van der Waals surface area contributed by atoms with Crippen LogP contribution in [0.15, 0.2) is 36.5 Å². The van der Waals surface area contributed by atoms with Gasteiger partial charge in [-0.3, -0.25) is 4.98 Å². The highest BCUT2D eigenvalue weighted by molar-refractivity contribution is 5.56. The molecule has 3 rings (SSSR count). The number of ether oxygens (including phenoxy) is 2. The van der Waals surface area contributed by atoms with Gasteiger partial charge in [-0.25, -0.2) is 0 Å². The highest BCUT2D eigenvalue weighted by Gasteiger charge is 2.22. The van der Waals surface area contributed by atoms with Gasteiger partial charge >= 0.3 is 0 Å². The Labute approximate surface area is 118 Å². The molecule has 1 aliphatic rings. The summed E-state index contributed by atoms with van der Waals surface area (Å²) in [5.74, 6) is 1.75. The third kappa shape index (κ3) is 2.54. The van der Waals surface area contributed by atoms with Crippen molar-refractivity contribution in [1.82, 2.24) is 4.98 Å². The maximum Gasteiger partial charge on any atom is 0.160 e. The smallest absolute Gasteiger partial charge is 0.160 e.